The van der Waals surface area contributed by atoms with E-state index in [1.807, 2.05) is 6.07 Å². The molecule has 0 saturated carbocycles. The molecule has 0 amide bonds. The normalized spacial score (nSPS) is 20.6. The van der Waals surface area contributed by atoms with Crippen LogP contribution in [0.3, 0.4) is 0 Å². The van der Waals surface area contributed by atoms with Crippen LogP contribution in [0.1, 0.15) is 49.8 Å². The first kappa shape index (κ1) is 11.9. The Morgan fingerprint density at radius 2 is 2.19 bits per heavy atom. The predicted molar refractivity (Wildman–Crippen MR) is 69.9 cm³/mol. The minimum atomic E-state index is 0.317. The summed E-state index contributed by atoms with van der Waals surface area (Å²) in [7, 11) is 0. The van der Waals surface area contributed by atoms with Crippen molar-refractivity contribution in [2.75, 3.05) is 6.54 Å². The molecular formula is C13H18BrNO. The smallest absolute Gasteiger partial charge is 0.120 e. The maximum Gasteiger partial charge on any atom is 0.120 e. The summed E-state index contributed by atoms with van der Waals surface area (Å²) in [4.78, 5) is 0. The van der Waals surface area contributed by atoms with E-state index in [9.17, 15) is 5.11 Å². The van der Waals surface area contributed by atoms with Gasteiger partial charge < -0.3 is 10.4 Å². The van der Waals surface area contributed by atoms with Crippen molar-refractivity contribution in [3.8, 4) is 5.75 Å². The third-order valence-electron chi connectivity index (χ3n) is 3.20. The number of aromatic hydroxyl groups is 1. The molecule has 0 radical (unpaired) electrons. The lowest BCUT2D eigenvalue weighted by atomic mass is 9.97. The van der Waals surface area contributed by atoms with Crippen LogP contribution in [0.4, 0.5) is 0 Å². The summed E-state index contributed by atoms with van der Waals surface area (Å²) in [5.41, 5.74) is 2.19. The molecule has 0 bridgehead atoms. The van der Waals surface area contributed by atoms with E-state index in [0.717, 1.165) is 23.0 Å². The van der Waals surface area contributed by atoms with Crippen molar-refractivity contribution in [2.24, 2.45) is 0 Å². The number of hydrogen-bond acceptors (Lipinski definition) is 2. The molecule has 2 N–H and O–H groups in total. The minimum Gasteiger partial charge on any atom is -0.508 e. The van der Waals surface area contributed by atoms with Crippen LogP contribution in [0.5, 0.6) is 5.75 Å². The predicted octanol–water partition coefficient (Wildman–Crippen LogP) is 3.70. The van der Waals surface area contributed by atoms with Gasteiger partial charge in [-0.15, -0.1) is 0 Å². The molecule has 0 aromatic heterocycles. The standard InChI is InChI=1S/C13H18BrNO/c1-8(2)9-7-13(16)10(6-11(9)14)12-4-3-5-15-12/h6-8,12,15-16H,3-5H2,1-2H3. The van der Waals surface area contributed by atoms with Crippen molar-refractivity contribution in [1.29, 1.82) is 0 Å². The summed E-state index contributed by atoms with van der Waals surface area (Å²) in [6.45, 7) is 5.31. The maximum atomic E-state index is 10.1. The molecule has 1 aliphatic rings. The Morgan fingerprint density at radius 1 is 1.44 bits per heavy atom. The highest BCUT2D eigenvalue weighted by atomic mass is 79.9. The second-order valence-electron chi connectivity index (χ2n) is 4.74. The number of hydrogen-bond donors (Lipinski definition) is 2. The van der Waals surface area contributed by atoms with E-state index in [-0.39, 0.29) is 0 Å². The van der Waals surface area contributed by atoms with Gasteiger partial charge in [0.25, 0.3) is 0 Å². The Labute approximate surface area is 105 Å². The lowest BCUT2D eigenvalue weighted by Gasteiger charge is -2.16. The molecule has 3 heteroatoms. The van der Waals surface area contributed by atoms with Gasteiger partial charge in [-0.3, -0.25) is 0 Å². The zero-order chi connectivity index (χ0) is 11.7. The Bertz CT molecular complexity index is 384. The summed E-state index contributed by atoms with van der Waals surface area (Å²) in [5.74, 6) is 0.845. The highest BCUT2D eigenvalue weighted by molar-refractivity contribution is 9.10. The van der Waals surface area contributed by atoms with Gasteiger partial charge in [0.15, 0.2) is 0 Å². The highest BCUT2D eigenvalue weighted by Crippen LogP contribution is 2.36. The van der Waals surface area contributed by atoms with Gasteiger partial charge in [-0.25, -0.2) is 0 Å². The molecule has 88 valence electrons. The van der Waals surface area contributed by atoms with Crippen LogP contribution in [-0.2, 0) is 0 Å². The molecule has 16 heavy (non-hydrogen) atoms. The molecule has 1 aliphatic heterocycles. The second kappa shape index (κ2) is 4.76. The largest absolute Gasteiger partial charge is 0.508 e. The van der Waals surface area contributed by atoms with E-state index in [0.29, 0.717) is 17.7 Å². The summed E-state index contributed by atoms with van der Waals surface area (Å²) in [5, 5.41) is 13.5. The lowest BCUT2D eigenvalue weighted by molar-refractivity contribution is 0.455. The van der Waals surface area contributed by atoms with E-state index in [1.54, 1.807) is 0 Å². The molecule has 2 rings (SSSR count). The number of rotatable bonds is 2. The third-order valence-corrected chi connectivity index (χ3v) is 3.89. The van der Waals surface area contributed by atoms with Crippen molar-refractivity contribution in [1.82, 2.24) is 5.32 Å². The van der Waals surface area contributed by atoms with Crippen molar-refractivity contribution < 1.29 is 5.11 Å². The van der Waals surface area contributed by atoms with Crippen LogP contribution in [0, 0.1) is 0 Å². The maximum absolute atomic E-state index is 10.1. The Balaban J connectivity index is 2.37. The van der Waals surface area contributed by atoms with Crippen molar-refractivity contribution in [3.05, 3.63) is 27.7 Å². The molecule has 0 spiro atoms. The van der Waals surface area contributed by atoms with Crippen LogP contribution in [-0.4, -0.2) is 11.7 Å². The molecule has 1 heterocycles. The van der Waals surface area contributed by atoms with Crippen LogP contribution in [0.2, 0.25) is 0 Å². The molecule has 1 atom stereocenters. The molecular weight excluding hydrogens is 266 g/mol. The molecule has 1 saturated heterocycles. The average Bonchev–Trinajstić information content (AvgIpc) is 2.73. The van der Waals surface area contributed by atoms with Gasteiger partial charge in [0, 0.05) is 16.1 Å². The van der Waals surface area contributed by atoms with Crippen molar-refractivity contribution >= 4 is 15.9 Å². The SMILES string of the molecule is CC(C)c1cc(O)c(C2CCCN2)cc1Br. The number of halogens is 1. The Morgan fingerprint density at radius 3 is 2.75 bits per heavy atom. The summed E-state index contributed by atoms with van der Waals surface area (Å²) < 4.78 is 1.10. The number of phenols is 1. The Kier molecular flexibility index (Phi) is 3.55. The first-order valence-corrected chi connectivity index (χ1v) is 6.64. The molecule has 1 fully saturated rings. The van der Waals surface area contributed by atoms with Gasteiger partial charge in [-0.2, -0.15) is 0 Å². The zero-order valence-electron chi connectivity index (χ0n) is 9.76. The quantitative estimate of drug-likeness (QED) is 0.867. The molecule has 2 nitrogen and oxygen atoms in total. The first-order chi connectivity index (χ1) is 7.59. The third kappa shape index (κ3) is 2.25. The zero-order valence-corrected chi connectivity index (χ0v) is 11.3. The van der Waals surface area contributed by atoms with E-state index in [1.165, 1.54) is 12.0 Å². The fourth-order valence-electron chi connectivity index (χ4n) is 2.26. The van der Waals surface area contributed by atoms with E-state index in [2.05, 4.69) is 41.2 Å². The molecule has 1 aromatic rings. The second-order valence-corrected chi connectivity index (χ2v) is 5.59. The van der Waals surface area contributed by atoms with Gasteiger partial charge in [0.2, 0.25) is 0 Å². The number of nitrogens with one attached hydrogen (secondary N) is 1. The monoisotopic (exact) mass is 283 g/mol. The van der Waals surface area contributed by atoms with E-state index >= 15 is 0 Å². The Hall–Kier alpha value is -0.540. The fourth-order valence-corrected chi connectivity index (χ4v) is 3.08. The van der Waals surface area contributed by atoms with Crippen LogP contribution < -0.4 is 5.32 Å². The van der Waals surface area contributed by atoms with Crippen molar-refractivity contribution in [3.63, 3.8) is 0 Å². The molecule has 1 aromatic carbocycles. The van der Waals surface area contributed by atoms with Crippen LogP contribution >= 0.6 is 15.9 Å². The van der Waals surface area contributed by atoms with Gasteiger partial charge in [-0.1, -0.05) is 29.8 Å². The summed E-state index contributed by atoms with van der Waals surface area (Å²) >= 11 is 3.59. The van der Waals surface area contributed by atoms with E-state index in [4.69, 9.17) is 0 Å². The topological polar surface area (TPSA) is 32.3 Å². The van der Waals surface area contributed by atoms with Gasteiger partial charge in [-0.05, 0) is 43.0 Å². The highest BCUT2D eigenvalue weighted by Gasteiger charge is 2.21. The molecule has 1 unspecified atom stereocenters. The minimum absolute atomic E-state index is 0.317. The molecule has 0 aliphatic carbocycles. The van der Waals surface area contributed by atoms with Gasteiger partial charge >= 0.3 is 0 Å². The van der Waals surface area contributed by atoms with Gasteiger partial charge in [0.1, 0.15) is 5.75 Å². The van der Waals surface area contributed by atoms with Crippen LogP contribution in [0.25, 0.3) is 0 Å². The van der Waals surface area contributed by atoms with Gasteiger partial charge in [0.05, 0.1) is 0 Å². The fraction of sp³-hybridized carbons (Fsp3) is 0.538. The summed E-state index contributed by atoms with van der Waals surface area (Å²) in [6, 6.07) is 4.27. The summed E-state index contributed by atoms with van der Waals surface area (Å²) in [6.07, 6.45) is 2.30. The number of phenolic OH excluding ortho intramolecular Hbond substituents is 1. The average molecular weight is 284 g/mol. The number of benzene rings is 1. The lowest BCUT2D eigenvalue weighted by Crippen LogP contribution is -2.13. The van der Waals surface area contributed by atoms with Crippen LogP contribution in [0.15, 0.2) is 16.6 Å². The first-order valence-electron chi connectivity index (χ1n) is 5.85. The van der Waals surface area contributed by atoms with Crippen molar-refractivity contribution in [2.45, 2.75) is 38.6 Å². The van der Waals surface area contributed by atoms with E-state index < -0.39 is 0 Å².